The number of hydrogen-bond acceptors (Lipinski definition) is 3. The molecule has 19 heavy (non-hydrogen) atoms. The van der Waals surface area contributed by atoms with E-state index in [9.17, 15) is 4.79 Å². The van der Waals surface area contributed by atoms with E-state index in [2.05, 4.69) is 17.2 Å². The van der Waals surface area contributed by atoms with E-state index in [0.29, 0.717) is 12.2 Å². The van der Waals surface area contributed by atoms with E-state index in [1.54, 1.807) is 16.4 Å². The molecular weight excluding hydrogens is 256 g/mol. The number of fused-ring (bicyclic) bond motifs is 1. The van der Waals surface area contributed by atoms with Gasteiger partial charge in [-0.2, -0.15) is 5.10 Å². The number of nitrogens with zero attached hydrogens (tertiary/aromatic N) is 2. The summed E-state index contributed by atoms with van der Waals surface area (Å²) >= 11 is 1.71. The van der Waals surface area contributed by atoms with E-state index in [1.807, 2.05) is 31.6 Å². The monoisotopic (exact) mass is 272 g/mol. The summed E-state index contributed by atoms with van der Waals surface area (Å²) in [6, 6.07) is 8.31. The van der Waals surface area contributed by atoms with Crippen molar-refractivity contribution in [3.63, 3.8) is 0 Å². The molecule has 0 radical (unpaired) electrons. The Bertz CT molecular complexity index is 581. The maximum Gasteiger partial charge on any atom is 0.146 e. The average Bonchev–Trinajstić information content (AvgIpc) is 3.01. The molecule has 1 unspecified atom stereocenters. The van der Waals surface area contributed by atoms with Crippen molar-refractivity contribution in [3.8, 4) is 0 Å². The van der Waals surface area contributed by atoms with Crippen LogP contribution in [0.2, 0.25) is 0 Å². The fourth-order valence-electron chi connectivity index (χ4n) is 2.39. The number of Topliss-reactive ketones (excluding diaryl/α,β-unsaturated/α-hetero) is 1. The zero-order valence-electron chi connectivity index (χ0n) is 10.9. The first-order valence-electron chi connectivity index (χ1n) is 6.47. The molecule has 1 atom stereocenters. The second-order valence-electron chi connectivity index (χ2n) is 4.91. The van der Waals surface area contributed by atoms with Crippen LogP contribution in [0.25, 0.3) is 0 Å². The van der Waals surface area contributed by atoms with E-state index in [-0.39, 0.29) is 5.25 Å². The largest absolute Gasteiger partial charge is 0.298 e. The van der Waals surface area contributed by atoms with E-state index >= 15 is 0 Å². The summed E-state index contributed by atoms with van der Waals surface area (Å²) in [6.07, 6.45) is 6.10. The molecular formula is C15H16N2OS. The van der Waals surface area contributed by atoms with Crippen molar-refractivity contribution in [1.29, 1.82) is 0 Å². The molecule has 0 spiro atoms. The Labute approximate surface area is 117 Å². The van der Waals surface area contributed by atoms with Gasteiger partial charge in [0.05, 0.1) is 11.4 Å². The predicted octanol–water partition coefficient (Wildman–Crippen LogP) is 2.64. The molecule has 4 heteroatoms. The minimum absolute atomic E-state index is 0.106. The van der Waals surface area contributed by atoms with Crippen molar-refractivity contribution in [2.45, 2.75) is 29.4 Å². The molecule has 0 bridgehead atoms. The average molecular weight is 272 g/mol. The number of aryl methyl sites for hydroxylation is 2. The van der Waals surface area contributed by atoms with Crippen LogP contribution in [0.15, 0.2) is 41.6 Å². The summed E-state index contributed by atoms with van der Waals surface area (Å²) in [7, 11) is 1.90. The highest BCUT2D eigenvalue weighted by Gasteiger charge is 2.27. The van der Waals surface area contributed by atoms with Crippen LogP contribution in [0.5, 0.6) is 0 Å². The normalized spacial score (nSPS) is 17.4. The van der Waals surface area contributed by atoms with Crippen molar-refractivity contribution in [2.75, 3.05) is 0 Å². The molecule has 0 amide bonds. The number of rotatable bonds is 4. The Hall–Kier alpha value is -1.55. The molecule has 0 fully saturated rings. The van der Waals surface area contributed by atoms with Gasteiger partial charge in [0, 0.05) is 24.6 Å². The number of aromatic nitrogens is 2. The Morgan fingerprint density at radius 1 is 1.47 bits per heavy atom. The predicted molar refractivity (Wildman–Crippen MR) is 76.3 cm³/mol. The lowest BCUT2D eigenvalue weighted by Crippen LogP contribution is -2.16. The molecule has 1 aromatic heterocycles. The molecule has 2 aromatic rings. The fourth-order valence-corrected chi connectivity index (χ4v) is 3.67. The first-order chi connectivity index (χ1) is 9.22. The van der Waals surface area contributed by atoms with Gasteiger partial charge in [-0.3, -0.25) is 9.48 Å². The van der Waals surface area contributed by atoms with Crippen LogP contribution in [-0.4, -0.2) is 20.8 Å². The topological polar surface area (TPSA) is 34.9 Å². The SMILES string of the molecule is Cn1cc(CCC(=O)C2Cc3ccccc3S2)cn1. The maximum atomic E-state index is 12.2. The summed E-state index contributed by atoms with van der Waals surface area (Å²) in [6.45, 7) is 0. The van der Waals surface area contributed by atoms with E-state index in [4.69, 9.17) is 0 Å². The van der Waals surface area contributed by atoms with Crippen LogP contribution >= 0.6 is 11.8 Å². The molecule has 98 valence electrons. The number of carbonyl (C=O) groups is 1. The number of ketones is 1. The third kappa shape index (κ3) is 2.73. The van der Waals surface area contributed by atoms with E-state index in [0.717, 1.165) is 18.4 Å². The summed E-state index contributed by atoms with van der Waals surface area (Å²) < 4.78 is 1.78. The van der Waals surface area contributed by atoms with Crippen LogP contribution in [0.1, 0.15) is 17.5 Å². The third-order valence-electron chi connectivity index (χ3n) is 3.42. The van der Waals surface area contributed by atoms with Crippen LogP contribution in [0, 0.1) is 0 Å². The number of benzene rings is 1. The lowest BCUT2D eigenvalue weighted by Gasteiger charge is -2.06. The maximum absolute atomic E-state index is 12.2. The van der Waals surface area contributed by atoms with Gasteiger partial charge in [-0.25, -0.2) is 0 Å². The highest BCUT2D eigenvalue weighted by molar-refractivity contribution is 8.01. The minimum Gasteiger partial charge on any atom is -0.298 e. The van der Waals surface area contributed by atoms with Gasteiger partial charge in [0.2, 0.25) is 0 Å². The standard InChI is InChI=1S/C15H16N2OS/c1-17-10-11(9-16-17)6-7-13(18)15-8-12-4-2-3-5-14(12)19-15/h2-5,9-10,15H,6-8H2,1H3. The van der Waals surface area contributed by atoms with Crippen molar-refractivity contribution in [2.24, 2.45) is 7.05 Å². The van der Waals surface area contributed by atoms with Crippen molar-refractivity contribution >= 4 is 17.5 Å². The van der Waals surface area contributed by atoms with E-state index in [1.165, 1.54) is 10.5 Å². The summed E-state index contributed by atoms with van der Waals surface area (Å²) in [5, 5.41) is 4.23. The highest BCUT2D eigenvalue weighted by Crippen LogP contribution is 2.37. The van der Waals surface area contributed by atoms with Crippen molar-refractivity contribution in [3.05, 3.63) is 47.8 Å². The van der Waals surface area contributed by atoms with Gasteiger partial charge in [-0.1, -0.05) is 18.2 Å². The van der Waals surface area contributed by atoms with Crippen molar-refractivity contribution in [1.82, 2.24) is 9.78 Å². The summed E-state index contributed by atoms with van der Waals surface area (Å²) in [5.74, 6) is 0.352. The molecule has 1 aliphatic rings. The molecule has 0 saturated carbocycles. The van der Waals surface area contributed by atoms with Gasteiger partial charge in [-0.15, -0.1) is 11.8 Å². The van der Waals surface area contributed by atoms with Crippen LogP contribution in [0.4, 0.5) is 0 Å². The quantitative estimate of drug-likeness (QED) is 0.858. The van der Waals surface area contributed by atoms with Gasteiger partial charge < -0.3 is 0 Å². The lowest BCUT2D eigenvalue weighted by atomic mass is 10.0. The Morgan fingerprint density at radius 2 is 2.32 bits per heavy atom. The first-order valence-corrected chi connectivity index (χ1v) is 7.35. The molecule has 0 aliphatic carbocycles. The van der Waals surface area contributed by atoms with Crippen LogP contribution in [0.3, 0.4) is 0 Å². The third-order valence-corrected chi connectivity index (χ3v) is 4.79. The fraction of sp³-hybridized carbons (Fsp3) is 0.333. The Kier molecular flexibility index (Phi) is 3.42. The zero-order valence-corrected chi connectivity index (χ0v) is 11.7. The molecule has 1 aliphatic heterocycles. The number of hydrogen-bond donors (Lipinski definition) is 0. The van der Waals surface area contributed by atoms with Crippen LogP contribution < -0.4 is 0 Å². The summed E-state index contributed by atoms with van der Waals surface area (Å²) in [5.41, 5.74) is 2.45. The van der Waals surface area contributed by atoms with Gasteiger partial charge in [0.1, 0.15) is 5.78 Å². The first kappa shape index (κ1) is 12.5. The van der Waals surface area contributed by atoms with Gasteiger partial charge in [0.15, 0.2) is 0 Å². The van der Waals surface area contributed by atoms with Gasteiger partial charge >= 0.3 is 0 Å². The number of thioether (sulfide) groups is 1. The second-order valence-corrected chi connectivity index (χ2v) is 6.15. The van der Waals surface area contributed by atoms with Gasteiger partial charge in [-0.05, 0) is 30.0 Å². The molecule has 3 nitrogen and oxygen atoms in total. The lowest BCUT2D eigenvalue weighted by molar-refractivity contribution is -0.118. The highest BCUT2D eigenvalue weighted by atomic mass is 32.2. The minimum atomic E-state index is 0.106. The van der Waals surface area contributed by atoms with Crippen molar-refractivity contribution < 1.29 is 4.79 Å². The smallest absolute Gasteiger partial charge is 0.146 e. The molecule has 0 N–H and O–H groups in total. The van der Waals surface area contributed by atoms with Gasteiger partial charge in [0.25, 0.3) is 0 Å². The second kappa shape index (κ2) is 5.21. The summed E-state index contributed by atoms with van der Waals surface area (Å²) in [4.78, 5) is 13.5. The molecule has 0 saturated heterocycles. The van der Waals surface area contributed by atoms with E-state index < -0.39 is 0 Å². The Morgan fingerprint density at radius 3 is 3.05 bits per heavy atom. The number of carbonyl (C=O) groups excluding carboxylic acids is 1. The Balaban J connectivity index is 1.58. The van der Waals surface area contributed by atoms with Crippen LogP contribution in [-0.2, 0) is 24.7 Å². The molecule has 3 rings (SSSR count). The molecule has 1 aromatic carbocycles. The zero-order chi connectivity index (χ0) is 13.2. The molecule has 2 heterocycles.